The van der Waals surface area contributed by atoms with Gasteiger partial charge in [0.25, 0.3) is 11.5 Å². The number of carbonyl (C=O) groups excluding carboxylic acids is 1. The van der Waals surface area contributed by atoms with Crippen molar-refractivity contribution in [3.63, 3.8) is 0 Å². The Morgan fingerprint density at radius 3 is 2.53 bits per heavy atom. The van der Waals surface area contributed by atoms with E-state index in [4.69, 9.17) is 0 Å². The van der Waals surface area contributed by atoms with Gasteiger partial charge in [-0.25, -0.2) is 9.78 Å². The highest BCUT2D eigenvalue weighted by atomic mass is 19.4. The van der Waals surface area contributed by atoms with Crippen LogP contribution in [0.3, 0.4) is 0 Å². The van der Waals surface area contributed by atoms with Gasteiger partial charge >= 0.3 is 12.5 Å². The molecule has 0 bridgehead atoms. The average Bonchev–Trinajstić information content (AvgIpc) is 3.21. The van der Waals surface area contributed by atoms with Crippen molar-refractivity contribution in [3.05, 3.63) is 58.1 Å². The lowest BCUT2D eigenvalue weighted by Gasteiger charge is -2.12. The maximum atomic E-state index is 13.6. The SMILES string of the molecule is O=C(Nc1ccc2c(c1)OC(F)(F)O2)c1cnn(-c2ccc(=O)[nH]n2)c1C(F)(F)F. The Balaban J connectivity index is 1.67. The molecule has 0 spiro atoms. The van der Waals surface area contributed by atoms with Gasteiger partial charge < -0.3 is 14.8 Å². The van der Waals surface area contributed by atoms with Crippen molar-refractivity contribution in [2.75, 3.05) is 5.32 Å². The number of rotatable bonds is 3. The third-order valence-corrected chi connectivity index (χ3v) is 3.82. The second-order valence-electron chi connectivity index (χ2n) is 5.88. The number of anilines is 1. The number of benzene rings is 1. The molecular weight excluding hydrogens is 421 g/mol. The van der Waals surface area contributed by atoms with Crippen LogP contribution in [0.2, 0.25) is 0 Å². The lowest BCUT2D eigenvalue weighted by atomic mass is 10.2. The fraction of sp³-hybridized carbons (Fsp3) is 0.125. The maximum absolute atomic E-state index is 13.6. The minimum Gasteiger partial charge on any atom is -0.395 e. The quantitative estimate of drug-likeness (QED) is 0.620. The number of halogens is 5. The van der Waals surface area contributed by atoms with Crippen molar-refractivity contribution >= 4 is 11.6 Å². The Morgan fingerprint density at radius 2 is 1.87 bits per heavy atom. The zero-order chi connectivity index (χ0) is 21.7. The highest BCUT2D eigenvalue weighted by Crippen LogP contribution is 2.42. The van der Waals surface area contributed by atoms with E-state index in [9.17, 15) is 31.5 Å². The maximum Gasteiger partial charge on any atom is 0.586 e. The zero-order valence-electron chi connectivity index (χ0n) is 14.3. The summed E-state index contributed by atoms with van der Waals surface area (Å²) in [5.41, 5.74) is -3.08. The van der Waals surface area contributed by atoms with E-state index < -0.39 is 40.9 Å². The number of H-pyrrole nitrogens is 1. The molecule has 9 nitrogen and oxygen atoms in total. The molecule has 14 heteroatoms. The van der Waals surface area contributed by atoms with E-state index in [0.717, 1.165) is 30.3 Å². The molecule has 0 aliphatic carbocycles. The second kappa shape index (κ2) is 6.53. The normalized spacial score (nSPS) is 14.6. The molecule has 2 N–H and O–H groups in total. The van der Waals surface area contributed by atoms with Gasteiger partial charge in [0, 0.05) is 17.8 Å². The van der Waals surface area contributed by atoms with Crippen molar-refractivity contribution in [1.82, 2.24) is 20.0 Å². The van der Waals surface area contributed by atoms with Crippen LogP contribution in [0.15, 0.2) is 41.3 Å². The standard InChI is InChI=1S/C16H8F5N5O4/c17-15(18,19)13-8(6-22-26(13)11-3-4-12(27)25-24-11)14(28)23-7-1-2-9-10(5-7)30-16(20,21)29-9/h1-6H,(H,23,28)(H,25,27). The van der Waals surface area contributed by atoms with Gasteiger partial charge in [-0.15, -0.1) is 8.78 Å². The second-order valence-corrected chi connectivity index (χ2v) is 5.88. The predicted octanol–water partition coefficient (Wildman–Crippen LogP) is 2.55. The highest BCUT2D eigenvalue weighted by Gasteiger charge is 2.44. The van der Waals surface area contributed by atoms with Gasteiger partial charge in [-0.3, -0.25) is 9.59 Å². The number of carbonyl (C=O) groups is 1. The molecule has 3 aromatic rings. The Hall–Kier alpha value is -3.97. The minimum absolute atomic E-state index is 0.122. The van der Waals surface area contributed by atoms with Gasteiger partial charge in [0.2, 0.25) is 0 Å². The first kappa shape index (κ1) is 19.4. The molecule has 0 radical (unpaired) electrons. The molecule has 0 fully saturated rings. The summed E-state index contributed by atoms with van der Waals surface area (Å²) in [6.07, 6.45) is -8.25. The molecule has 3 heterocycles. The van der Waals surface area contributed by atoms with Crippen molar-refractivity contribution in [3.8, 4) is 17.3 Å². The van der Waals surface area contributed by atoms with E-state index in [0.29, 0.717) is 10.9 Å². The Labute approximate surface area is 162 Å². The summed E-state index contributed by atoms with van der Waals surface area (Å²) < 4.78 is 75.8. The van der Waals surface area contributed by atoms with Gasteiger partial charge in [-0.05, 0) is 18.2 Å². The molecule has 1 amide bonds. The van der Waals surface area contributed by atoms with E-state index in [2.05, 4.69) is 25.0 Å². The smallest absolute Gasteiger partial charge is 0.395 e. The van der Waals surface area contributed by atoms with Crippen LogP contribution in [0.1, 0.15) is 16.1 Å². The van der Waals surface area contributed by atoms with Crippen LogP contribution in [0.5, 0.6) is 11.5 Å². The topological polar surface area (TPSA) is 111 Å². The number of nitrogens with zero attached hydrogens (tertiary/aromatic N) is 3. The van der Waals surface area contributed by atoms with Gasteiger partial charge in [0.05, 0.1) is 11.8 Å². The van der Waals surface area contributed by atoms with Gasteiger partial charge in [0.1, 0.15) is 0 Å². The summed E-state index contributed by atoms with van der Waals surface area (Å²) in [5, 5.41) is 11.1. The summed E-state index contributed by atoms with van der Waals surface area (Å²) in [7, 11) is 0. The molecule has 0 atom stereocenters. The third kappa shape index (κ3) is 3.54. The molecule has 0 saturated carbocycles. The van der Waals surface area contributed by atoms with E-state index in [1.54, 1.807) is 0 Å². The number of aromatic nitrogens is 4. The Kier molecular flexibility index (Phi) is 4.22. The number of hydrogen-bond acceptors (Lipinski definition) is 6. The van der Waals surface area contributed by atoms with Crippen LogP contribution in [0.4, 0.5) is 27.6 Å². The van der Waals surface area contributed by atoms with E-state index >= 15 is 0 Å². The molecule has 0 saturated heterocycles. The van der Waals surface area contributed by atoms with E-state index in [-0.39, 0.29) is 17.3 Å². The molecule has 1 aliphatic rings. The molecule has 1 aromatic carbocycles. The first-order chi connectivity index (χ1) is 14.0. The van der Waals surface area contributed by atoms with Gasteiger partial charge in [-0.1, -0.05) is 0 Å². The molecule has 156 valence electrons. The number of hydrogen-bond donors (Lipinski definition) is 2. The minimum atomic E-state index is -5.02. The van der Waals surface area contributed by atoms with Crippen molar-refractivity contribution in [2.24, 2.45) is 0 Å². The number of ether oxygens (including phenoxy) is 2. The van der Waals surface area contributed by atoms with Crippen LogP contribution in [-0.4, -0.2) is 32.2 Å². The third-order valence-electron chi connectivity index (χ3n) is 3.82. The fourth-order valence-corrected chi connectivity index (χ4v) is 2.64. The van der Waals surface area contributed by atoms with Gasteiger partial charge in [0.15, 0.2) is 23.0 Å². The molecule has 4 rings (SSSR count). The molecule has 2 aromatic heterocycles. The first-order valence-electron chi connectivity index (χ1n) is 7.96. The Bertz CT molecular complexity index is 1180. The first-order valence-corrected chi connectivity index (χ1v) is 7.96. The average molecular weight is 429 g/mol. The van der Waals surface area contributed by atoms with Crippen LogP contribution < -0.4 is 20.3 Å². The number of alkyl halides is 5. The summed E-state index contributed by atoms with van der Waals surface area (Å²) >= 11 is 0. The van der Waals surface area contributed by atoms with Crippen molar-refractivity contribution in [2.45, 2.75) is 12.5 Å². The number of amides is 1. The number of fused-ring (bicyclic) bond motifs is 1. The summed E-state index contributed by atoms with van der Waals surface area (Å²) in [5.74, 6) is -2.30. The summed E-state index contributed by atoms with van der Waals surface area (Å²) in [6, 6.07) is 5.09. The summed E-state index contributed by atoms with van der Waals surface area (Å²) in [6.45, 7) is 0. The van der Waals surface area contributed by atoms with Crippen LogP contribution in [0, 0.1) is 0 Å². The molecule has 30 heavy (non-hydrogen) atoms. The fourth-order valence-electron chi connectivity index (χ4n) is 2.64. The largest absolute Gasteiger partial charge is 0.586 e. The van der Waals surface area contributed by atoms with Crippen LogP contribution in [0.25, 0.3) is 5.82 Å². The lowest BCUT2D eigenvalue weighted by Crippen LogP contribution is -2.25. The molecule has 0 unspecified atom stereocenters. The molecular formula is C16H8F5N5O4. The number of nitrogens with one attached hydrogen (secondary N) is 2. The highest BCUT2D eigenvalue weighted by molar-refractivity contribution is 6.05. The molecule has 1 aliphatic heterocycles. The van der Waals surface area contributed by atoms with Gasteiger partial charge in [-0.2, -0.15) is 23.4 Å². The van der Waals surface area contributed by atoms with Crippen molar-refractivity contribution in [1.29, 1.82) is 0 Å². The van der Waals surface area contributed by atoms with E-state index in [1.807, 2.05) is 5.10 Å². The number of aromatic amines is 1. The predicted molar refractivity (Wildman–Crippen MR) is 87.6 cm³/mol. The van der Waals surface area contributed by atoms with Crippen LogP contribution in [-0.2, 0) is 6.18 Å². The van der Waals surface area contributed by atoms with Crippen LogP contribution >= 0.6 is 0 Å². The lowest BCUT2D eigenvalue weighted by molar-refractivity contribution is -0.286. The zero-order valence-corrected chi connectivity index (χ0v) is 14.3. The monoisotopic (exact) mass is 429 g/mol. The Morgan fingerprint density at radius 1 is 1.13 bits per heavy atom. The van der Waals surface area contributed by atoms with E-state index in [1.165, 1.54) is 0 Å². The summed E-state index contributed by atoms with van der Waals surface area (Å²) in [4.78, 5) is 23.5. The van der Waals surface area contributed by atoms with Crippen molar-refractivity contribution < 1.29 is 36.2 Å².